The van der Waals surface area contributed by atoms with Crippen LogP contribution in [-0.4, -0.2) is 20.9 Å². The van der Waals surface area contributed by atoms with E-state index in [1.165, 1.54) is 0 Å². The van der Waals surface area contributed by atoms with Gasteiger partial charge in [-0.1, -0.05) is 13.8 Å². The Balaban J connectivity index is 3.15. The molecule has 0 aliphatic rings. The Morgan fingerprint density at radius 2 is 2.21 bits per heavy atom. The fourth-order valence-electron chi connectivity index (χ4n) is 1.11. The van der Waals surface area contributed by atoms with Crippen LogP contribution in [0.5, 0.6) is 0 Å². The standard InChI is InChI=1S/C8H11BrN2O3/c1-4(2)7-6(9)8(14)11(10-7)3-5(12)13/h4,10H,3H2,1-2H3,(H,12,13). The summed E-state index contributed by atoms with van der Waals surface area (Å²) in [5.41, 5.74) is 0.382. The number of aromatic nitrogens is 2. The lowest BCUT2D eigenvalue weighted by molar-refractivity contribution is -0.137. The molecule has 78 valence electrons. The van der Waals surface area contributed by atoms with E-state index < -0.39 is 5.97 Å². The van der Waals surface area contributed by atoms with Crippen molar-refractivity contribution in [2.75, 3.05) is 0 Å². The Hall–Kier alpha value is -1.04. The molecule has 0 amide bonds. The molecule has 1 heterocycles. The van der Waals surface area contributed by atoms with Gasteiger partial charge in [-0.15, -0.1) is 0 Å². The lowest BCUT2D eigenvalue weighted by Gasteiger charge is -2.01. The summed E-state index contributed by atoms with van der Waals surface area (Å²) >= 11 is 3.13. The minimum Gasteiger partial charge on any atom is -0.480 e. The third kappa shape index (κ3) is 2.06. The van der Waals surface area contributed by atoms with Crippen molar-refractivity contribution in [2.45, 2.75) is 26.3 Å². The van der Waals surface area contributed by atoms with Crippen LogP contribution in [0.25, 0.3) is 0 Å². The number of nitrogens with one attached hydrogen (secondary N) is 1. The van der Waals surface area contributed by atoms with Crippen LogP contribution in [0.2, 0.25) is 0 Å². The number of hydrogen-bond acceptors (Lipinski definition) is 2. The van der Waals surface area contributed by atoms with Crippen LogP contribution in [0.15, 0.2) is 9.27 Å². The molecule has 0 bridgehead atoms. The number of carbonyl (C=O) groups is 1. The second-order valence-corrected chi connectivity index (χ2v) is 4.07. The monoisotopic (exact) mass is 262 g/mol. The molecule has 0 spiro atoms. The Labute approximate surface area is 88.8 Å². The van der Waals surface area contributed by atoms with Crippen LogP contribution < -0.4 is 5.56 Å². The van der Waals surface area contributed by atoms with Crippen molar-refractivity contribution in [2.24, 2.45) is 0 Å². The Morgan fingerprint density at radius 3 is 2.57 bits per heavy atom. The van der Waals surface area contributed by atoms with Crippen LogP contribution in [0.3, 0.4) is 0 Å². The van der Waals surface area contributed by atoms with Gasteiger partial charge >= 0.3 is 5.97 Å². The highest BCUT2D eigenvalue weighted by Crippen LogP contribution is 2.18. The van der Waals surface area contributed by atoms with Gasteiger partial charge in [-0.3, -0.25) is 14.7 Å². The highest BCUT2D eigenvalue weighted by molar-refractivity contribution is 9.10. The number of nitrogens with zero attached hydrogens (tertiary/aromatic N) is 1. The van der Waals surface area contributed by atoms with Crippen LogP contribution >= 0.6 is 15.9 Å². The minimum atomic E-state index is -1.05. The van der Waals surface area contributed by atoms with E-state index in [0.29, 0.717) is 4.47 Å². The molecule has 0 atom stereocenters. The fraction of sp³-hybridized carbons (Fsp3) is 0.500. The summed E-state index contributed by atoms with van der Waals surface area (Å²) in [6.45, 7) is 3.49. The molecule has 1 aromatic rings. The molecule has 5 nitrogen and oxygen atoms in total. The maximum absolute atomic E-state index is 11.5. The molecule has 2 N–H and O–H groups in total. The van der Waals surface area contributed by atoms with Gasteiger partial charge in [0.1, 0.15) is 11.0 Å². The largest absolute Gasteiger partial charge is 0.480 e. The maximum atomic E-state index is 11.5. The van der Waals surface area contributed by atoms with E-state index in [4.69, 9.17) is 5.11 Å². The molecule has 0 aliphatic heterocycles. The third-order valence-electron chi connectivity index (χ3n) is 1.80. The molecule has 0 aromatic carbocycles. The van der Waals surface area contributed by atoms with Crippen LogP contribution in [0, 0.1) is 0 Å². The van der Waals surface area contributed by atoms with E-state index in [9.17, 15) is 9.59 Å². The van der Waals surface area contributed by atoms with E-state index in [0.717, 1.165) is 10.4 Å². The first-order valence-corrected chi connectivity index (χ1v) is 4.92. The molecule has 6 heteroatoms. The lowest BCUT2D eigenvalue weighted by Crippen LogP contribution is -2.21. The topological polar surface area (TPSA) is 75.1 Å². The number of carboxylic acids is 1. The zero-order chi connectivity index (χ0) is 10.9. The first-order valence-electron chi connectivity index (χ1n) is 4.13. The van der Waals surface area contributed by atoms with Gasteiger partial charge in [0.05, 0.1) is 5.69 Å². The SMILES string of the molecule is CC(C)c1[nH]n(CC(=O)O)c(=O)c1Br. The number of H-pyrrole nitrogens is 1. The smallest absolute Gasteiger partial charge is 0.325 e. The molecular weight excluding hydrogens is 252 g/mol. The van der Waals surface area contributed by atoms with Gasteiger partial charge in [0.15, 0.2) is 0 Å². The average molecular weight is 263 g/mol. The molecule has 0 radical (unpaired) electrons. The molecule has 0 saturated carbocycles. The summed E-state index contributed by atoms with van der Waals surface area (Å²) < 4.78 is 1.48. The highest BCUT2D eigenvalue weighted by Gasteiger charge is 2.15. The average Bonchev–Trinajstić information content (AvgIpc) is 2.32. The van der Waals surface area contributed by atoms with E-state index in [1.54, 1.807) is 0 Å². The van der Waals surface area contributed by atoms with Crippen molar-refractivity contribution in [3.05, 3.63) is 20.5 Å². The Bertz CT molecular complexity index is 405. The lowest BCUT2D eigenvalue weighted by atomic mass is 10.1. The number of carboxylic acid groups (broad SMARTS) is 1. The van der Waals surface area contributed by atoms with Gasteiger partial charge in [0.2, 0.25) is 0 Å². The molecule has 1 rings (SSSR count). The van der Waals surface area contributed by atoms with Crippen molar-refractivity contribution >= 4 is 21.9 Å². The highest BCUT2D eigenvalue weighted by atomic mass is 79.9. The van der Waals surface area contributed by atoms with Crippen molar-refractivity contribution in [3.8, 4) is 0 Å². The van der Waals surface area contributed by atoms with Crippen molar-refractivity contribution in [1.29, 1.82) is 0 Å². The third-order valence-corrected chi connectivity index (χ3v) is 2.56. The molecule has 0 saturated heterocycles. The normalized spacial score (nSPS) is 10.9. The van der Waals surface area contributed by atoms with Crippen molar-refractivity contribution in [3.63, 3.8) is 0 Å². The zero-order valence-electron chi connectivity index (χ0n) is 7.87. The summed E-state index contributed by atoms with van der Waals surface area (Å²) in [4.78, 5) is 21.9. The second kappa shape index (κ2) is 4.00. The van der Waals surface area contributed by atoms with E-state index in [-0.39, 0.29) is 18.0 Å². The van der Waals surface area contributed by atoms with Gasteiger partial charge in [-0.05, 0) is 21.8 Å². The van der Waals surface area contributed by atoms with Crippen LogP contribution in [0.4, 0.5) is 0 Å². The fourth-order valence-corrected chi connectivity index (χ4v) is 1.87. The quantitative estimate of drug-likeness (QED) is 0.858. The van der Waals surface area contributed by atoms with Gasteiger partial charge in [-0.25, -0.2) is 4.68 Å². The van der Waals surface area contributed by atoms with Crippen molar-refractivity contribution < 1.29 is 9.90 Å². The molecule has 0 unspecified atom stereocenters. The van der Waals surface area contributed by atoms with Crippen LogP contribution in [0.1, 0.15) is 25.5 Å². The van der Waals surface area contributed by atoms with Gasteiger partial charge in [0.25, 0.3) is 5.56 Å². The van der Waals surface area contributed by atoms with Gasteiger partial charge in [0, 0.05) is 0 Å². The first-order chi connectivity index (χ1) is 6.43. The van der Waals surface area contributed by atoms with E-state index in [1.807, 2.05) is 13.8 Å². The Morgan fingerprint density at radius 1 is 1.64 bits per heavy atom. The predicted molar refractivity (Wildman–Crippen MR) is 54.5 cm³/mol. The molecule has 0 aliphatic carbocycles. The summed E-state index contributed by atoms with van der Waals surface area (Å²) in [5, 5.41) is 11.3. The van der Waals surface area contributed by atoms with Gasteiger partial charge < -0.3 is 5.11 Å². The molecule has 1 aromatic heterocycles. The van der Waals surface area contributed by atoms with Crippen molar-refractivity contribution in [1.82, 2.24) is 9.78 Å². The number of rotatable bonds is 3. The molecule has 0 fully saturated rings. The number of halogens is 1. The van der Waals surface area contributed by atoms with E-state index in [2.05, 4.69) is 21.0 Å². The Kier molecular flexibility index (Phi) is 3.15. The zero-order valence-corrected chi connectivity index (χ0v) is 9.46. The summed E-state index contributed by atoms with van der Waals surface area (Å²) in [7, 11) is 0. The van der Waals surface area contributed by atoms with E-state index >= 15 is 0 Å². The number of hydrogen-bond donors (Lipinski definition) is 2. The maximum Gasteiger partial charge on any atom is 0.325 e. The summed E-state index contributed by atoms with van der Waals surface area (Å²) in [6, 6.07) is 0. The first kappa shape index (κ1) is 11.0. The number of aliphatic carboxylic acids is 1. The summed E-state index contributed by atoms with van der Waals surface area (Å²) in [5.74, 6) is -0.900. The molecular formula is C8H11BrN2O3. The van der Waals surface area contributed by atoms with Crippen LogP contribution in [-0.2, 0) is 11.3 Å². The predicted octanol–water partition coefficient (Wildman–Crippen LogP) is 1.15. The second-order valence-electron chi connectivity index (χ2n) is 3.28. The van der Waals surface area contributed by atoms with Gasteiger partial charge in [-0.2, -0.15) is 0 Å². The number of aromatic amines is 1. The summed E-state index contributed by atoms with van der Waals surface area (Å²) in [6.07, 6.45) is 0. The molecule has 14 heavy (non-hydrogen) atoms. The minimum absolute atomic E-state index is 0.145.